The molecular formula is C22H26IN5O2. The summed E-state index contributed by atoms with van der Waals surface area (Å²) in [5.74, 6) is 3.13. The van der Waals surface area contributed by atoms with Gasteiger partial charge in [-0.05, 0) is 17.7 Å². The number of aromatic nitrogens is 2. The zero-order chi connectivity index (χ0) is 19.9. The van der Waals surface area contributed by atoms with E-state index < -0.39 is 0 Å². The van der Waals surface area contributed by atoms with Gasteiger partial charge in [-0.2, -0.15) is 0 Å². The van der Waals surface area contributed by atoms with Crippen molar-refractivity contribution in [1.82, 2.24) is 14.9 Å². The standard InChI is InChI=1S/C22H25N5O2.HI/c1-23-22(26-18-8-9-19-20(14-18)29-13-5-12-28-19)25-15-21-24-10-11-27(21)16-17-6-3-2-4-7-17;/h2-4,6-11,14H,5,12-13,15-16H2,1H3,(H2,23,25,26);1H. The molecular weight excluding hydrogens is 493 g/mol. The number of hydrogen-bond donors (Lipinski definition) is 2. The molecule has 1 aliphatic rings. The van der Waals surface area contributed by atoms with Gasteiger partial charge in [0.2, 0.25) is 0 Å². The van der Waals surface area contributed by atoms with E-state index in [1.54, 1.807) is 7.05 Å². The number of anilines is 1. The Balaban J connectivity index is 0.00000256. The van der Waals surface area contributed by atoms with Gasteiger partial charge in [-0.15, -0.1) is 24.0 Å². The van der Waals surface area contributed by atoms with E-state index in [0.29, 0.717) is 25.7 Å². The summed E-state index contributed by atoms with van der Waals surface area (Å²) >= 11 is 0. The fourth-order valence-electron chi connectivity index (χ4n) is 3.15. The van der Waals surface area contributed by atoms with Crippen LogP contribution < -0.4 is 20.1 Å². The molecule has 8 heteroatoms. The van der Waals surface area contributed by atoms with Crippen LogP contribution in [0, 0.1) is 0 Å². The number of nitrogens with zero attached hydrogens (tertiary/aromatic N) is 3. The van der Waals surface area contributed by atoms with E-state index >= 15 is 0 Å². The van der Waals surface area contributed by atoms with Crippen LogP contribution in [0.2, 0.25) is 0 Å². The Bertz CT molecular complexity index is 975. The Hall–Kier alpha value is -2.75. The minimum atomic E-state index is 0. The molecule has 30 heavy (non-hydrogen) atoms. The lowest BCUT2D eigenvalue weighted by molar-refractivity contribution is 0.297. The Morgan fingerprint density at radius 1 is 1.10 bits per heavy atom. The maximum atomic E-state index is 5.76. The lowest BCUT2D eigenvalue weighted by Gasteiger charge is -2.14. The number of rotatable bonds is 5. The summed E-state index contributed by atoms with van der Waals surface area (Å²) in [7, 11) is 1.74. The molecule has 0 saturated carbocycles. The molecule has 7 nitrogen and oxygen atoms in total. The summed E-state index contributed by atoms with van der Waals surface area (Å²) in [6.07, 6.45) is 4.69. The van der Waals surface area contributed by atoms with Gasteiger partial charge in [-0.25, -0.2) is 4.98 Å². The minimum absolute atomic E-state index is 0. The number of hydrogen-bond acceptors (Lipinski definition) is 4. The van der Waals surface area contributed by atoms with Crippen LogP contribution in [0.1, 0.15) is 17.8 Å². The number of aliphatic imine (C=N–C) groups is 1. The van der Waals surface area contributed by atoms with Crippen LogP contribution in [0.5, 0.6) is 11.5 Å². The molecule has 0 aliphatic carbocycles. The van der Waals surface area contributed by atoms with Crippen molar-refractivity contribution >= 4 is 35.6 Å². The lowest BCUT2D eigenvalue weighted by Crippen LogP contribution is -2.31. The average molecular weight is 519 g/mol. The Labute approximate surface area is 193 Å². The summed E-state index contributed by atoms with van der Waals surface area (Å²) < 4.78 is 13.6. The fraction of sp³-hybridized carbons (Fsp3) is 0.273. The van der Waals surface area contributed by atoms with Crippen LogP contribution in [0.4, 0.5) is 5.69 Å². The highest BCUT2D eigenvalue weighted by Gasteiger charge is 2.12. The molecule has 2 heterocycles. The van der Waals surface area contributed by atoms with E-state index in [1.165, 1.54) is 5.56 Å². The summed E-state index contributed by atoms with van der Waals surface area (Å²) in [4.78, 5) is 8.79. The Morgan fingerprint density at radius 2 is 1.90 bits per heavy atom. The lowest BCUT2D eigenvalue weighted by atomic mass is 10.2. The molecule has 4 rings (SSSR count). The molecule has 0 fully saturated rings. The monoisotopic (exact) mass is 519 g/mol. The highest BCUT2D eigenvalue weighted by molar-refractivity contribution is 14.0. The van der Waals surface area contributed by atoms with Crippen molar-refractivity contribution in [2.45, 2.75) is 19.5 Å². The van der Waals surface area contributed by atoms with Crippen LogP contribution >= 0.6 is 24.0 Å². The topological polar surface area (TPSA) is 72.7 Å². The largest absolute Gasteiger partial charge is 0.490 e. The van der Waals surface area contributed by atoms with Gasteiger partial charge >= 0.3 is 0 Å². The van der Waals surface area contributed by atoms with Gasteiger partial charge in [0.1, 0.15) is 5.82 Å². The van der Waals surface area contributed by atoms with Gasteiger partial charge < -0.3 is 24.7 Å². The molecule has 1 aromatic heterocycles. The molecule has 0 saturated heterocycles. The van der Waals surface area contributed by atoms with Gasteiger partial charge in [0.15, 0.2) is 17.5 Å². The van der Waals surface area contributed by atoms with Gasteiger partial charge in [0, 0.05) is 44.2 Å². The third-order valence-electron chi connectivity index (χ3n) is 4.65. The number of nitrogens with one attached hydrogen (secondary N) is 2. The quantitative estimate of drug-likeness (QED) is 0.304. The SMILES string of the molecule is CN=C(NCc1nccn1Cc1ccccc1)Nc1ccc2c(c1)OCCCO2.I. The molecule has 0 bridgehead atoms. The number of guanidine groups is 1. The van der Waals surface area contributed by atoms with Crippen LogP contribution in [0.15, 0.2) is 65.9 Å². The van der Waals surface area contributed by atoms with Crippen molar-refractivity contribution in [3.05, 3.63) is 72.3 Å². The molecule has 0 radical (unpaired) electrons. The van der Waals surface area contributed by atoms with E-state index in [2.05, 4.69) is 37.3 Å². The predicted octanol–water partition coefficient (Wildman–Crippen LogP) is 3.90. The maximum absolute atomic E-state index is 5.76. The first-order chi connectivity index (χ1) is 14.3. The average Bonchev–Trinajstić information content (AvgIpc) is 3.05. The molecule has 0 unspecified atom stereocenters. The molecule has 0 spiro atoms. The Kier molecular flexibility index (Phi) is 7.95. The van der Waals surface area contributed by atoms with E-state index in [4.69, 9.17) is 9.47 Å². The summed E-state index contributed by atoms with van der Waals surface area (Å²) in [6.45, 7) is 2.68. The number of benzene rings is 2. The van der Waals surface area contributed by atoms with Crippen molar-refractivity contribution in [3.63, 3.8) is 0 Å². The highest BCUT2D eigenvalue weighted by Crippen LogP contribution is 2.32. The van der Waals surface area contributed by atoms with Crippen LogP contribution in [-0.4, -0.2) is 35.8 Å². The van der Waals surface area contributed by atoms with Crippen LogP contribution in [0.25, 0.3) is 0 Å². The van der Waals surface area contributed by atoms with Gasteiger partial charge in [-0.3, -0.25) is 4.99 Å². The predicted molar refractivity (Wildman–Crippen MR) is 129 cm³/mol. The van der Waals surface area contributed by atoms with Crippen LogP contribution in [0.3, 0.4) is 0 Å². The zero-order valence-electron chi connectivity index (χ0n) is 16.9. The van der Waals surface area contributed by atoms with Gasteiger partial charge in [0.05, 0.1) is 19.8 Å². The van der Waals surface area contributed by atoms with Gasteiger partial charge in [-0.1, -0.05) is 30.3 Å². The third kappa shape index (κ3) is 5.65. The van der Waals surface area contributed by atoms with Crippen molar-refractivity contribution in [3.8, 4) is 11.5 Å². The summed E-state index contributed by atoms with van der Waals surface area (Å²) in [6, 6.07) is 16.2. The number of halogens is 1. The number of ether oxygens (including phenoxy) is 2. The zero-order valence-corrected chi connectivity index (χ0v) is 19.2. The smallest absolute Gasteiger partial charge is 0.195 e. The first kappa shape index (κ1) is 21.9. The molecule has 0 atom stereocenters. The molecule has 2 aromatic carbocycles. The summed E-state index contributed by atoms with van der Waals surface area (Å²) in [5, 5.41) is 6.62. The van der Waals surface area contributed by atoms with Crippen molar-refractivity contribution in [2.75, 3.05) is 25.6 Å². The highest BCUT2D eigenvalue weighted by atomic mass is 127. The van der Waals surface area contributed by atoms with E-state index in [1.807, 2.05) is 48.8 Å². The van der Waals surface area contributed by atoms with Crippen LogP contribution in [-0.2, 0) is 13.1 Å². The second kappa shape index (κ2) is 10.9. The normalized spacial score (nSPS) is 13.2. The minimum Gasteiger partial charge on any atom is -0.490 e. The third-order valence-corrected chi connectivity index (χ3v) is 4.65. The van der Waals surface area contributed by atoms with E-state index in [0.717, 1.165) is 36.0 Å². The second-order valence-electron chi connectivity index (χ2n) is 6.72. The molecule has 3 aromatic rings. The first-order valence-electron chi connectivity index (χ1n) is 9.73. The molecule has 0 amide bonds. The van der Waals surface area contributed by atoms with Gasteiger partial charge in [0.25, 0.3) is 0 Å². The number of fused-ring (bicyclic) bond motifs is 1. The molecule has 1 aliphatic heterocycles. The maximum Gasteiger partial charge on any atom is 0.195 e. The molecule has 158 valence electrons. The van der Waals surface area contributed by atoms with Crippen molar-refractivity contribution in [2.24, 2.45) is 4.99 Å². The Morgan fingerprint density at radius 3 is 2.70 bits per heavy atom. The summed E-state index contributed by atoms with van der Waals surface area (Å²) in [5.41, 5.74) is 2.12. The van der Waals surface area contributed by atoms with Crippen molar-refractivity contribution < 1.29 is 9.47 Å². The molecule has 2 N–H and O–H groups in total. The van der Waals surface area contributed by atoms with E-state index in [9.17, 15) is 0 Å². The first-order valence-corrected chi connectivity index (χ1v) is 9.73. The fourth-order valence-corrected chi connectivity index (χ4v) is 3.15. The van der Waals surface area contributed by atoms with Crippen molar-refractivity contribution in [1.29, 1.82) is 0 Å². The van der Waals surface area contributed by atoms with E-state index in [-0.39, 0.29) is 24.0 Å². The number of imidazole rings is 1. The second-order valence-corrected chi connectivity index (χ2v) is 6.72.